The van der Waals surface area contributed by atoms with Crippen LogP contribution in [0.5, 0.6) is 0 Å². The summed E-state index contributed by atoms with van der Waals surface area (Å²) in [5.41, 5.74) is 0.633. The first-order chi connectivity index (χ1) is 11.5. The van der Waals surface area contributed by atoms with Gasteiger partial charge in [-0.3, -0.25) is 9.59 Å². The molecule has 124 valence electrons. The Labute approximate surface area is 137 Å². The summed E-state index contributed by atoms with van der Waals surface area (Å²) in [6.45, 7) is 0.737. The van der Waals surface area contributed by atoms with Crippen LogP contribution in [0, 0.1) is 0 Å². The van der Waals surface area contributed by atoms with Crippen LogP contribution in [0.15, 0.2) is 52.9 Å². The molecule has 2 amide bonds. The summed E-state index contributed by atoms with van der Waals surface area (Å²) >= 11 is 0. The molecule has 24 heavy (non-hydrogen) atoms. The molecule has 0 saturated heterocycles. The van der Waals surface area contributed by atoms with Crippen molar-refractivity contribution in [1.82, 2.24) is 10.5 Å². The summed E-state index contributed by atoms with van der Waals surface area (Å²) in [5.74, 6) is -1.64. The number of amides is 2. The fourth-order valence-corrected chi connectivity index (χ4v) is 1.72. The number of nitrogens with zero attached hydrogens (tertiary/aromatic N) is 1. The molecule has 0 saturated carbocycles. The molecule has 1 aromatic carbocycles. The largest absolute Gasteiger partial charge is 0.451 e. The van der Waals surface area contributed by atoms with Gasteiger partial charge in [0.15, 0.2) is 12.4 Å². The number of carbonyl (C=O) groups excluding carboxylic acids is 3. The van der Waals surface area contributed by atoms with Crippen molar-refractivity contribution in [2.24, 2.45) is 0 Å². The Morgan fingerprint density at radius 3 is 2.58 bits per heavy atom. The van der Waals surface area contributed by atoms with Gasteiger partial charge in [-0.2, -0.15) is 0 Å². The predicted octanol–water partition coefficient (Wildman–Crippen LogP) is 1.33. The first-order valence-corrected chi connectivity index (χ1v) is 6.96. The number of benzene rings is 1. The van der Waals surface area contributed by atoms with Gasteiger partial charge in [-0.15, -0.1) is 0 Å². The van der Waals surface area contributed by atoms with Crippen LogP contribution in [0.25, 0.3) is 6.08 Å². The Hall–Kier alpha value is -3.42. The Morgan fingerprint density at radius 2 is 1.96 bits per heavy atom. The molecule has 1 heterocycles. The second-order valence-electron chi connectivity index (χ2n) is 4.66. The van der Waals surface area contributed by atoms with Crippen LogP contribution >= 0.6 is 0 Å². The van der Waals surface area contributed by atoms with E-state index in [9.17, 15) is 14.4 Å². The molecule has 2 aromatic rings. The quantitative estimate of drug-likeness (QED) is 0.611. The van der Waals surface area contributed by atoms with E-state index in [2.05, 4.69) is 20.3 Å². The van der Waals surface area contributed by atoms with E-state index in [0.717, 1.165) is 0 Å². The number of anilines is 1. The lowest BCUT2D eigenvalue weighted by molar-refractivity contribution is -0.144. The minimum atomic E-state index is -0.829. The SMILES string of the molecule is CC(=O)N/C(=C\c1ccccc1)C(=O)OCC(=O)Nc1ccon1. The van der Waals surface area contributed by atoms with Crippen molar-refractivity contribution in [2.45, 2.75) is 6.92 Å². The van der Waals surface area contributed by atoms with Gasteiger partial charge in [-0.05, 0) is 11.6 Å². The third-order valence-corrected chi connectivity index (χ3v) is 2.68. The molecule has 0 radical (unpaired) electrons. The van der Waals surface area contributed by atoms with Crippen molar-refractivity contribution in [3.63, 3.8) is 0 Å². The molecule has 2 rings (SSSR count). The Morgan fingerprint density at radius 1 is 1.21 bits per heavy atom. The van der Waals surface area contributed by atoms with Gasteiger partial charge in [-0.25, -0.2) is 4.79 Å². The lowest BCUT2D eigenvalue weighted by atomic mass is 10.2. The smallest absolute Gasteiger partial charge is 0.355 e. The highest BCUT2D eigenvalue weighted by Gasteiger charge is 2.15. The summed E-state index contributed by atoms with van der Waals surface area (Å²) in [5, 5.41) is 8.26. The van der Waals surface area contributed by atoms with Crippen LogP contribution in [-0.2, 0) is 19.1 Å². The van der Waals surface area contributed by atoms with Crippen molar-refractivity contribution in [3.05, 3.63) is 53.9 Å². The number of carbonyl (C=O) groups is 3. The molecule has 2 N–H and O–H groups in total. The lowest BCUT2D eigenvalue weighted by Crippen LogP contribution is -2.28. The summed E-state index contributed by atoms with van der Waals surface area (Å²) in [7, 11) is 0. The zero-order valence-electron chi connectivity index (χ0n) is 12.8. The van der Waals surface area contributed by atoms with Crippen molar-refractivity contribution < 1.29 is 23.6 Å². The molecule has 0 aliphatic heterocycles. The molecule has 0 aliphatic rings. The van der Waals surface area contributed by atoms with E-state index in [0.29, 0.717) is 5.56 Å². The van der Waals surface area contributed by atoms with Crippen molar-refractivity contribution in [3.8, 4) is 0 Å². The van der Waals surface area contributed by atoms with Gasteiger partial charge in [0, 0.05) is 13.0 Å². The highest BCUT2D eigenvalue weighted by Crippen LogP contribution is 2.07. The number of rotatable bonds is 6. The summed E-state index contributed by atoms with van der Waals surface area (Å²) in [6.07, 6.45) is 2.75. The molecule has 0 fully saturated rings. The summed E-state index contributed by atoms with van der Waals surface area (Å²) in [6, 6.07) is 10.3. The van der Waals surface area contributed by atoms with Gasteiger partial charge in [0.05, 0.1) is 0 Å². The first-order valence-electron chi connectivity index (χ1n) is 6.96. The van der Waals surface area contributed by atoms with Crippen LogP contribution in [0.3, 0.4) is 0 Å². The van der Waals surface area contributed by atoms with Gasteiger partial charge in [0.1, 0.15) is 12.0 Å². The van der Waals surface area contributed by atoms with E-state index in [1.54, 1.807) is 24.3 Å². The van der Waals surface area contributed by atoms with Crippen molar-refractivity contribution in [2.75, 3.05) is 11.9 Å². The maximum Gasteiger partial charge on any atom is 0.355 e. The van der Waals surface area contributed by atoms with Crippen LogP contribution in [-0.4, -0.2) is 29.5 Å². The van der Waals surface area contributed by atoms with Crippen LogP contribution < -0.4 is 10.6 Å². The minimum Gasteiger partial charge on any atom is -0.451 e. The maximum absolute atomic E-state index is 12.1. The summed E-state index contributed by atoms with van der Waals surface area (Å²) < 4.78 is 9.46. The number of hydrogen-bond donors (Lipinski definition) is 2. The standard InChI is InChI=1S/C16H15N3O5/c1-11(20)17-13(9-12-5-3-2-4-6-12)16(22)23-10-15(21)18-14-7-8-24-19-14/h2-9H,10H2,1H3,(H,17,20)(H,18,19,21)/b13-9-. The lowest BCUT2D eigenvalue weighted by Gasteiger charge is -2.08. The fraction of sp³-hybridized carbons (Fsp3) is 0.125. The zero-order valence-corrected chi connectivity index (χ0v) is 12.8. The maximum atomic E-state index is 12.1. The van der Waals surface area contributed by atoms with Crippen LogP contribution in [0.1, 0.15) is 12.5 Å². The van der Waals surface area contributed by atoms with E-state index in [-0.39, 0.29) is 11.5 Å². The van der Waals surface area contributed by atoms with Gasteiger partial charge >= 0.3 is 5.97 Å². The van der Waals surface area contributed by atoms with E-state index in [1.807, 2.05) is 6.07 Å². The van der Waals surface area contributed by atoms with Crippen molar-refractivity contribution in [1.29, 1.82) is 0 Å². The Balaban J connectivity index is 1.98. The molecule has 0 aliphatic carbocycles. The average molecular weight is 329 g/mol. The molecule has 8 nitrogen and oxygen atoms in total. The number of esters is 1. The number of nitrogens with one attached hydrogen (secondary N) is 2. The fourth-order valence-electron chi connectivity index (χ4n) is 1.72. The highest BCUT2D eigenvalue weighted by atomic mass is 16.5. The molecule has 0 spiro atoms. The molecule has 8 heteroatoms. The predicted molar refractivity (Wildman–Crippen MR) is 84.3 cm³/mol. The summed E-state index contributed by atoms with van der Waals surface area (Å²) in [4.78, 5) is 35.0. The Bertz CT molecular complexity index is 738. The van der Waals surface area contributed by atoms with E-state index >= 15 is 0 Å². The van der Waals surface area contributed by atoms with E-state index in [1.165, 1.54) is 25.3 Å². The van der Waals surface area contributed by atoms with Gasteiger partial charge in [-0.1, -0.05) is 35.5 Å². The van der Waals surface area contributed by atoms with Crippen LogP contribution in [0.2, 0.25) is 0 Å². The minimum absolute atomic E-state index is 0.0667. The molecule has 0 atom stereocenters. The van der Waals surface area contributed by atoms with Crippen molar-refractivity contribution >= 4 is 29.7 Å². The molecule has 0 bridgehead atoms. The van der Waals surface area contributed by atoms with E-state index in [4.69, 9.17) is 4.74 Å². The number of hydrogen-bond acceptors (Lipinski definition) is 6. The monoisotopic (exact) mass is 329 g/mol. The molecule has 1 aromatic heterocycles. The third-order valence-electron chi connectivity index (χ3n) is 2.68. The second kappa shape index (κ2) is 8.28. The topological polar surface area (TPSA) is 111 Å². The van der Waals surface area contributed by atoms with E-state index < -0.39 is 24.4 Å². The normalized spacial score (nSPS) is 10.8. The average Bonchev–Trinajstić information content (AvgIpc) is 3.05. The second-order valence-corrected chi connectivity index (χ2v) is 4.66. The number of aromatic nitrogens is 1. The highest BCUT2D eigenvalue weighted by molar-refractivity contribution is 5.99. The Kier molecular flexibility index (Phi) is 5.84. The van der Waals surface area contributed by atoms with Gasteiger partial charge < -0.3 is 19.9 Å². The van der Waals surface area contributed by atoms with Gasteiger partial charge in [0.25, 0.3) is 5.91 Å². The molecule has 0 unspecified atom stereocenters. The number of ether oxygens (including phenoxy) is 1. The van der Waals surface area contributed by atoms with Crippen LogP contribution in [0.4, 0.5) is 5.82 Å². The first kappa shape index (κ1) is 16.9. The zero-order chi connectivity index (χ0) is 17.4. The third kappa shape index (κ3) is 5.41. The molecular formula is C16H15N3O5. The van der Waals surface area contributed by atoms with Gasteiger partial charge in [0.2, 0.25) is 5.91 Å². The molecular weight excluding hydrogens is 314 g/mol.